The van der Waals surface area contributed by atoms with Crippen LogP contribution in [0.4, 0.5) is 0 Å². The number of rotatable bonds is 2. The number of imidazole rings is 1. The Morgan fingerprint density at radius 3 is 2.71 bits per heavy atom. The Labute approximate surface area is 99.9 Å². The molecule has 0 aliphatic rings. The molecular weight excluding hydrogens is 216 g/mol. The van der Waals surface area contributed by atoms with Gasteiger partial charge in [0.2, 0.25) is 0 Å². The summed E-state index contributed by atoms with van der Waals surface area (Å²) in [4.78, 5) is 15.3. The van der Waals surface area contributed by atoms with E-state index in [9.17, 15) is 4.79 Å². The summed E-state index contributed by atoms with van der Waals surface area (Å²) in [5.41, 5.74) is 1.59. The van der Waals surface area contributed by atoms with Crippen LogP contribution in [-0.2, 0) is 16.6 Å². The van der Waals surface area contributed by atoms with Crippen molar-refractivity contribution < 1.29 is 9.90 Å². The predicted octanol–water partition coefficient (Wildman–Crippen LogP) is 2.26. The molecule has 0 spiro atoms. The number of carboxylic acids is 1. The second-order valence-corrected chi connectivity index (χ2v) is 5.18. The van der Waals surface area contributed by atoms with Gasteiger partial charge in [-0.15, -0.1) is 0 Å². The van der Waals surface area contributed by atoms with Gasteiger partial charge in [0.1, 0.15) is 5.82 Å². The molecule has 0 fully saturated rings. The molecule has 0 unspecified atom stereocenters. The fraction of sp³-hybridized carbons (Fsp3) is 0.385. The highest BCUT2D eigenvalue weighted by molar-refractivity contribution is 5.70. The largest absolute Gasteiger partial charge is 0.481 e. The topological polar surface area (TPSA) is 54.6 Å². The van der Waals surface area contributed by atoms with Crippen LogP contribution in [0.5, 0.6) is 0 Å². The molecule has 0 bridgehead atoms. The van der Waals surface area contributed by atoms with Crippen molar-refractivity contribution in [2.24, 2.45) is 0 Å². The lowest BCUT2D eigenvalue weighted by molar-refractivity contribution is -0.136. The fourth-order valence-electron chi connectivity index (χ4n) is 1.94. The molecule has 0 saturated carbocycles. The van der Waals surface area contributed by atoms with Gasteiger partial charge in [0.15, 0.2) is 0 Å². The SMILES string of the molecule is CC(C)(C)c1ncc2cccc(CC(=O)O)n12. The molecule has 0 radical (unpaired) electrons. The lowest BCUT2D eigenvalue weighted by atomic mass is 9.95. The van der Waals surface area contributed by atoms with Crippen LogP contribution in [0.1, 0.15) is 32.3 Å². The van der Waals surface area contributed by atoms with Crippen molar-refractivity contribution >= 4 is 11.5 Å². The number of hydrogen-bond donors (Lipinski definition) is 1. The highest BCUT2D eigenvalue weighted by Crippen LogP contribution is 2.23. The van der Waals surface area contributed by atoms with Crippen molar-refractivity contribution in [3.05, 3.63) is 35.9 Å². The normalized spacial score (nSPS) is 11.9. The van der Waals surface area contributed by atoms with Gasteiger partial charge in [-0.05, 0) is 12.1 Å². The molecule has 2 heterocycles. The monoisotopic (exact) mass is 232 g/mol. The van der Waals surface area contributed by atoms with E-state index in [2.05, 4.69) is 25.8 Å². The lowest BCUT2D eigenvalue weighted by Crippen LogP contribution is -2.18. The van der Waals surface area contributed by atoms with E-state index < -0.39 is 5.97 Å². The number of aromatic nitrogens is 2. The minimum absolute atomic E-state index is 0.0107. The van der Waals surface area contributed by atoms with Crippen LogP contribution in [0.15, 0.2) is 24.4 Å². The maximum atomic E-state index is 10.9. The Balaban J connectivity index is 2.68. The summed E-state index contributed by atoms with van der Waals surface area (Å²) in [5.74, 6) is 0.0652. The van der Waals surface area contributed by atoms with Crippen molar-refractivity contribution in [1.82, 2.24) is 9.38 Å². The maximum Gasteiger partial charge on any atom is 0.309 e. The van der Waals surface area contributed by atoms with E-state index in [4.69, 9.17) is 5.11 Å². The molecule has 4 nitrogen and oxygen atoms in total. The molecular formula is C13H16N2O2. The standard InChI is InChI=1S/C13H16N2O2/c1-13(2,3)12-14-8-10-6-4-5-9(15(10)12)7-11(16)17/h4-6,8H,7H2,1-3H3,(H,16,17). The summed E-state index contributed by atoms with van der Waals surface area (Å²) in [5, 5.41) is 8.92. The van der Waals surface area contributed by atoms with Gasteiger partial charge in [-0.2, -0.15) is 0 Å². The average molecular weight is 232 g/mol. The van der Waals surface area contributed by atoms with E-state index in [-0.39, 0.29) is 11.8 Å². The van der Waals surface area contributed by atoms with Gasteiger partial charge in [-0.3, -0.25) is 9.20 Å². The zero-order valence-electron chi connectivity index (χ0n) is 10.3. The molecule has 2 rings (SSSR count). The van der Waals surface area contributed by atoms with Crippen LogP contribution in [-0.4, -0.2) is 20.5 Å². The third-order valence-corrected chi connectivity index (χ3v) is 2.64. The molecule has 17 heavy (non-hydrogen) atoms. The first kappa shape index (κ1) is 11.6. The van der Waals surface area contributed by atoms with Gasteiger partial charge in [0.25, 0.3) is 0 Å². The summed E-state index contributed by atoms with van der Waals surface area (Å²) in [7, 11) is 0. The Morgan fingerprint density at radius 1 is 1.41 bits per heavy atom. The number of carboxylic acid groups (broad SMARTS) is 1. The summed E-state index contributed by atoms with van der Waals surface area (Å²) in [6.07, 6.45) is 1.79. The molecule has 0 amide bonds. The lowest BCUT2D eigenvalue weighted by Gasteiger charge is -2.18. The predicted molar refractivity (Wildman–Crippen MR) is 65.2 cm³/mol. The average Bonchev–Trinajstić information content (AvgIpc) is 2.60. The fourth-order valence-corrected chi connectivity index (χ4v) is 1.94. The van der Waals surface area contributed by atoms with E-state index >= 15 is 0 Å². The smallest absolute Gasteiger partial charge is 0.309 e. The molecule has 0 aliphatic heterocycles. The second-order valence-electron chi connectivity index (χ2n) is 5.18. The first-order valence-electron chi connectivity index (χ1n) is 5.57. The summed E-state index contributed by atoms with van der Waals surface area (Å²) >= 11 is 0. The first-order chi connectivity index (χ1) is 7.89. The van der Waals surface area contributed by atoms with Crippen molar-refractivity contribution in [1.29, 1.82) is 0 Å². The molecule has 2 aromatic rings. The third kappa shape index (κ3) is 2.16. The molecule has 1 N–H and O–H groups in total. The molecule has 0 aliphatic carbocycles. The van der Waals surface area contributed by atoms with Gasteiger partial charge in [0.05, 0.1) is 18.1 Å². The third-order valence-electron chi connectivity index (χ3n) is 2.64. The van der Waals surface area contributed by atoms with E-state index in [0.29, 0.717) is 0 Å². The van der Waals surface area contributed by atoms with E-state index in [1.807, 2.05) is 22.6 Å². The highest BCUT2D eigenvalue weighted by atomic mass is 16.4. The number of pyridine rings is 1. The quantitative estimate of drug-likeness (QED) is 0.864. The Bertz CT molecular complexity index is 564. The van der Waals surface area contributed by atoms with E-state index in [0.717, 1.165) is 17.0 Å². The van der Waals surface area contributed by atoms with E-state index in [1.165, 1.54) is 0 Å². The molecule has 90 valence electrons. The van der Waals surface area contributed by atoms with Gasteiger partial charge in [0, 0.05) is 11.1 Å². The zero-order chi connectivity index (χ0) is 12.6. The Morgan fingerprint density at radius 2 is 2.12 bits per heavy atom. The van der Waals surface area contributed by atoms with Crippen LogP contribution in [0.3, 0.4) is 0 Å². The number of carbonyl (C=O) groups is 1. The minimum atomic E-state index is -0.828. The van der Waals surface area contributed by atoms with Crippen LogP contribution in [0, 0.1) is 0 Å². The van der Waals surface area contributed by atoms with Crippen molar-refractivity contribution in [3.8, 4) is 0 Å². The Kier molecular flexibility index (Phi) is 2.65. The van der Waals surface area contributed by atoms with E-state index in [1.54, 1.807) is 6.20 Å². The highest BCUT2D eigenvalue weighted by Gasteiger charge is 2.21. The molecule has 0 saturated heterocycles. The molecule has 2 aromatic heterocycles. The maximum absolute atomic E-state index is 10.9. The van der Waals surface area contributed by atoms with Crippen LogP contribution >= 0.6 is 0 Å². The molecule has 4 heteroatoms. The zero-order valence-corrected chi connectivity index (χ0v) is 10.3. The number of nitrogens with zero attached hydrogens (tertiary/aromatic N) is 2. The van der Waals surface area contributed by atoms with Crippen LogP contribution in [0.25, 0.3) is 5.52 Å². The number of aliphatic carboxylic acids is 1. The van der Waals surface area contributed by atoms with Crippen molar-refractivity contribution in [2.75, 3.05) is 0 Å². The first-order valence-corrected chi connectivity index (χ1v) is 5.57. The number of fused-ring (bicyclic) bond motifs is 1. The summed E-state index contributed by atoms with van der Waals surface area (Å²) < 4.78 is 1.94. The number of hydrogen-bond acceptors (Lipinski definition) is 2. The summed E-state index contributed by atoms with van der Waals surface area (Å²) in [6, 6.07) is 5.63. The van der Waals surface area contributed by atoms with Gasteiger partial charge in [-0.25, -0.2) is 4.98 Å². The molecule has 0 atom stereocenters. The van der Waals surface area contributed by atoms with Gasteiger partial charge in [-0.1, -0.05) is 26.8 Å². The summed E-state index contributed by atoms with van der Waals surface area (Å²) in [6.45, 7) is 6.21. The van der Waals surface area contributed by atoms with Gasteiger partial charge < -0.3 is 5.11 Å². The van der Waals surface area contributed by atoms with Crippen molar-refractivity contribution in [3.63, 3.8) is 0 Å². The van der Waals surface area contributed by atoms with Crippen molar-refractivity contribution in [2.45, 2.75) is 32.6 Å². The second kappa shape index (κ2) is 3.87. The Hall–Kier alpha value is -1.84. The molecule has 0 aromatic carbocycles. The minimum Gasteiger partial charge on any atom is -0.481 e. The van der Waals surface area contributed by atoms with Gasteiger partial charge >= 0.3 is 5.97 Å². The van der Waals surface area contributed by atoms with Crippen LogP contribution in [0.2, 0.25) is 0 Å². The van der Waals surface area contributed by atoms with Crippen LogP contribution < -0.4 is 0 Å².